The SMILES string of the molecule is CC(C)(C)OC(=O)N1CC2(C1)CC(OCC(=O)O)(c1nc(Br)cs1)CO2. The molecule has 0 radical (unpaired) electrons. The first-order valence-corrected chi connectivity index (χ1v) is 9.79. The Balaban J connectivity index is 1.70. The highest BCUT2D eigenvalue weighted by atomic mass is 79.9. The van der Waals surface area contributed by atoms with E-state index in [1.54, 1.807) is 4.90 Å². The van der Waals surface area contributed by atoms with E-state index >= 15 is 0 Å². The van der Waals surface area contributed by atoms with Gasteiger partial charge in [-0.2, -0.15) is 0 Å². The molecule has 1 atom stereocenters. The number of carboxylic acids is 1. The van der Waals surface area contributed by atoms with Crippen molar-refractivity contribution in [2.24, 2.45) is 0 Å². The summed E-state index contributed by atoms with van der Waals surface area (Å²) in [6.07, 6.45) is 0.0553. The zero-order valence-corrected chi connectivity index (χ0v) is 17.2. The first kappa shape index (κ1) is 19.5. The van der Waals surface area contributed by atoms with E-state index in [4.69, 9.17) is 19.3 Å². The Morgan fingerprint density at radius 2 is 2.15 bits per heavy atom. The summed E-state index contributed by atoms with van der Waals surface area (Å²) >= 11 is 4.70. The van der Waals surface area contributed by atoms with E-state index < -0.39 is 29.4 Å². The van der Waals surface area contributed by atoms with E-state index in [-0.39, 0.29) is 12.7 Å². The number of carboxylic acid groups (broad SMARTS) is 1. The number of ether oxygens (including phenoxy) is 3. The van der Waals surface area contributed by atoms with Crippen molar-refractivity contribution < 1.29 is 28.9 Å². The zero-order chi connectivity index (χ0) is 19.2. The van der Waals surface area contributed by atoms with Gasteiger partial charge in [-0.1, -0.05) is 0 Å². The number of rotatable bonds is 4. The average molecular weight is 449 g/mol. The van der Waals surface area contributed by atoms with Crippen molar-refractivity contribution in [3.8, 4) is 0 Å². The number of aliphatic carboxylic acids is 1. The summed E-state index contributed by atoms with van der Waals surface area (Å²) in [4.78, 5) is 29.1. The van der Waals surface area contributed by atoms with Gasteiger partial charge in [0.25, 0.3) is 0 Å². The fourth-order valence-corrected chi connectivity index (χ4v) is 4.55. The van der Waals surface area contributed by atoms with Crippen LogP contribution >= 0.6 is 27.3 Å². The summed E-state index contributed by atoms with van der Waals surface area (Å²) in [6, 6.07) is 0. The number of thiazole rings is 1. The highest BCUT2D eigenvalue weighted by Crippen LogP contribution is 2.48. The van der Waals surface area contributed by atoms with Crippen molar-refractivity contribution in [2.75, 3.05) is 26.3 Å². The number of halogens is 1. The van der Waals surface area contributed by atoms with Crippen LogP contribution in [0, 0.1) is 0 Å². The van der Waals surface area contributed by atoms with Crippen LogP contribution in [0.3, 0.4) is 0 Å². The molecule has 1 unspecified atom stereocenters. The molecule has 10 heteroatoms. The number of hydrogen-bond acceptors (Lipinski definition) is 7. The Hall–Kier alpha value is -1.23. The smallest absolute Gasteiger partial charge is 0.410 e. The number of likely N-dealkylation sites (tertiary alicyclic amines) is 1. The molecule has 26 heavy (non-hydrogen) atoms. The monoisotopic (exact) mass is 448 g/mol. The second-order valence-corrected chi connectivity index (χ2v) is 9.31. The highest BCUT2D eigenvalue weighted by molar-refractivity contribution is 9.10. The molecule has 1 amide bonds. The molecule has 2 fully saturated rings. The molecular formula is C16H21BrN2O6S. The fraction of sp³-hybridized carbons (Fsp3) is 0.688. The Bertz CT molecular complexity index is 712. The Labute approximate surface area is 163 Å². The molecule has 1 N–H and O–H groups in total. The number of aromatic nitrogens is 1. The van der Waals surface area contributed by atoms with Crippen molar-refractivity contribution in [2.45, 2.75) is 44.0 Å². The van der Waals surface area contributed by atoms with Crippen LogP contribution in [0.2, 0.25) is 0 Å². The van der Waals surface area contributed by atoms with E-state index in [9.17, 15) is 9.59 Å². The van der Waals surface area contributed by atoms with Gasteiger partial charge in [0.05, 0.1) is 19.7 Å². The van der Waals surface area contributed by atoms with Gasteiger partial charge in [0.1, 0.15) is 33.0 Å². The second kappa shape index (κ2) is 6.74. The van der Waals surface area contributed by atoms with Gasteiger partial charge in [0.2, 0.25) is 0 Å². The average Bonchev–Trinajstić information content (AvgIpc) is 3.07. The van der Waals surface area contributed by atoms with Crippen molar-refractivity contribution >= 4 is 39.3 Å². The van der Waals surface area contributed by atoms with Crippen LogP contribution in [0.25, 0.3) is 0 Å². The summed E-state index contributed by atoms with van der Waals surface area (Å²) in [7, 11) is 0. The van der Waals surface area contributed by atoms with Gasteiger partial charge >= 0.3 is 12.1 Å². The maximum atomic E-state index is 12.2. The Morgan fingerprint density at radius 3 is 2.69 bits per heavy atom. The van der Waals surface area contributed by atoms with Crippen molar-refractivity contribution in [1.82, 2.24) is 9.88 Å². The third-order valence-electron chi connectivity index (χ3n) is 4.17. The fourth-order valence-electron chi connectivity index (χ4n) is 3.16. The van der Waals surface area contributed by atoms with Gasteiger partial charge in [-0.3, -0.25) is 0 Å². The van der Waals surface area contributed by atoms with E-state index in [0.717, 1.165) is 0 Å². The molecule has 1 aromatic heterocycles. The first-order chi connectivity index (χ1) is 12.0. The maximum Gasteiger partial charge on any atom is 0.410 e. The van der Waals surface area contributed by atoms with Gasteiger partial charge in [-0.05, 0) is 36.7 Å². The van der Waals surface area contributed by atoms with Gasteiger partial charge in [0, 0.05) is 11.8 Å². The molecule has 1 spiro atoms. The molecule has 3 heterocycles. The Morgan fingerprint density at radius 1 is 1.46 bits per heavy atom. The van der Waals surface area contributed by atoms with E-state index in [1.807, 2.05) is 26.2 Å². The van der Waals surface area contributed by atoms with Crippen LogP contribution in [0.15, 0.2) is 9.98 Å². The van der Waals surface area contributed by atoms with Crippen LogP contribution in [0.1, 0.15) is 32.2 Å². The zero-order valence-electron chi connectivity index (χ0n) is 14.8. The standard InChI is InChI=1S/C16H21BrN2O6S/c1-14(2,3)25-13(22)19-7-15(8-19)6-16(9-24-15,23-4-11(20)21)12-18-10(17)5-26-12/h5H,4,6-9H2,1-3H3,(H,20,21). The van der Waals surface area contributed by atoms with E-state index in [0.29, 0.717) is 29.1 Å². The molecular weight excluding hydrogens is 428 g/mol. The molecule has 0 aliphatic carbocycles. The lowest BCUT2D eigenvalue weighted by molar-refractivity contribution is -0.150. The molecule has 2 saturated heterocycles. The number of nitrogens with zero attached hydrogens (tertiary/aromatic N) is 2. The molecule has 3 rings (SSSR count). The summed E-state index contributed by atoms with van der Waals surface area (Å²) < 4.78 is 17.7. The first-order valence-electron chi connectivity index (χ1n) is 8.12. The highest BCUT2D eigenvalue weighted by Gasteiger charge is 2.59. The third kappa shape index (κ3) is 4.03. The largest absolute Gasteiger partial charge is 0.480 e. The van der Waals surface area contributed by atoms with Crippen molar-refractivity contribution in [3.05, 3.63) is 15.0 Å². The summed E-state index contributed by atoms with van der Waals surface area (Å²) in [5, 5.41) is 11.5. The predicted octanol–water partition coefficient (Wildman–Crippen LogP) is 2.61. The lowest BCUT2D eigenvalue weighted by atomic mass is 9.85. The summed E-state index contributed by atoms with van der Waals surface area (Å²) in [5.41, 5.74) is -2.04. The van der Waals surface area contributed by atoms with Crippen LogP contribution in [0.4, 0.5) is 4.79 Å². The van der Waals surface area contributed by atoms with Crippen LogP contribution in [0.5, 0.6) is 0 Å². The number of hydrogen-bond donors (Lipinski definition) is 1. The molecule has 2 aliphatic rings. The third-order valence-corrected chi connectivity index (χ3v) is 5.90. The lowest BCUT2D eigenvalue weighted by Gasteiger charge is -2.47. The minimum absolute atomic E-state index is 0.197. The summed E-state index contributed by atoms with van der Waals surface area (Å²) in [6.45, 7) is 5.97. The van der Waals surface area contributed by atoms with Gasteiger partial charge < -0.3 is 24.2 Å². The van der Waals surface area contributed by atoms with Crippen LogP contribution < -0.4 is 0 Å². The topological polar surface area (TPSA) is 98.2 Å². The molecule has 144 valence electrons. The number of carbonyl (C=O) groups excluding carboxylic acids is 1. The minimum atomic E-state index is -1.05. The second-order valence-electron chi connectivity index (χ2n) is 7.64. The van der Waals surface area contributed by atoms with Gasteiger partial charge in [0.15, 0.2) is 0 Å². The molecule has 0 aromatic carbocycles. The van der Waals surface area contributed by atoms with E-state index in [1.165, 1.54) is 11.3 Å². The summed E-state index contributed by atoms with van der Waals surface area (Å²) in [5.74, 6) is -1.05. The molecule has 1 aromatic rings. The van der Waals surface area contributed by atoms with E-state index in [2.05, 4.69) is 20.9 Å². The Kier molecular flexibility index (Phi) is 5.06. The van der Waals surface area contributed by atoms with Gasteiger partial charge in [-0.25, -0.2) is 14.6 Å². The molecule has 8 nitrogen and oxygen atoms in total. The quantitative estimate of drug-likeness (QED) is 0.755. The molecule has 2 aliphatic heterocycles. The maximum absolute atomic E-state index is 12.2. The minimum Gasteiger partial charge on any atom is -0.480 e. The molecule has 0 saturated carbocycles. The van der Waals surface area contributed by atoms with Crippen molar-refractivity contribution in [3.63, 3.8) is 0 Å². The van der Waals surface area contributed by atoms with Crippen molar-refractivity contribution in [1.29, 1.82) is 0 Å². The predicted molar refractivity (Wildman–Crippen MR) is 96.2 cm³/mol. The number of carbonyl (C=O) groups is 2. The lowest BCUT2D eigenvalue weighted by Crippen LogP contribution is -2.64. The molecule has 0 bridgehead atoms. The normalized spacial score (nSPS) is 24.5. The van der Waals surface area contributed by atoms with Gasteiger partial charge in [-0.15, -0.1) is 11.3 Å². The number of amides is 1. The van der Waals surface area contributed by atoms with Crippen LogP contribution in [-0.4, -0.2) is 64.6 Å². The van der Waals surface area contributed by atoms with Crippen LogP contribution in [-0.2, 0) is 24.6 Å².